The van der Waals surface area contributed by atoms with Crippen LogP contribution in [0.25, 0.3) is 10.4 Å². The van der Waals surface area contributed by atoms with Crippen LogP contribution in [0.15, 0.2) is 23.6 Å². The number of azide groups is 1. The van der Waals surface area contributed by atoms with Crippen molar-refractivity contribution in [2.45, 2.75) is 6.92 Å². The Hall–Kier alpha value is -1.98. The van der Waals surface area contributed by atoms with Gasteiger partial charge in [0.15, 0.2) is 0 Å². The van der Waals surface area contributed by atoms with Crippen molar-refractivity contribution in [1.29, 1.82) is 0 Å². The van der Waals surface area contributed by atoms with Gasteiger partial charge in [0.2, 0.25) is 0 Å². The van der Waals surface area contributed by atoms with Crippen molar-refractivity contribution in [2.75, 3.05) is 6.54 Å². The van der Waals surface area contributed by atoms with E-state index < -0.39 is 0 Å². The van der Waals surface area contributed by atoms with Crippen LogP contribution in [0.1, 0.15) is 11.1 Å². The molecule has 64 valence electrons. The second-order valence-electron chi connectivity index (χ2n) is 2.38. The van der Waals surface area contributed by atoms with Gasteiger partial charge < -0.3 is 0 Å². The lowest BCUT2D eigenvalue weighted by Crippen LogP contribution is -1.82. The van der Waals surface area contributed by atoms with Crippen molar-refractivity contribution < 1.29 is 0 Å². The van der Waals surface area contributed by atoms with Crippen LogP contribution in [0.3, 0.4) is 0 Å². The summed E-state index contributed by atoms with van der Waals surface area (Å²) in [7, 11) is 0. The van der Waals surface area contributed by atoms with Gasteiger partial charge in [0.05, 0.1) is 6.54 Å². The van der Waals surface area contributed by atoms with Crippen LogP contribution < -0.4 is 0 Å². The van der Waals surface area contributed by atoms with Crippen molar-refractivity contribution in [2.24, 2.45) is 5.11 Å². The van der Waals surface area contributed by atoms with E-state index in [-0.39, 0.29) is 6.54 Å². The molecule has 0 unspecified atom stereocenters. The summed E-state index contributed by atoms with van der Waals surface area (Å²) in [5.74, 6) is 5.64. The first kappa shape index (κ1) is 9.11. The molecule has 1 aromatic rings. The molecule has 0 N–H and O–H groups in total. The van der Waals surface area contributed by atoms with Crippen molar-refractivity contribution in [3.63, 3.8) is 0 Å². The van der Waals surface area contributed by atoms with Crippen molar-refractivity contribution in [3.05, 3.63) is 40.0 Å². The Balaban J connectivity index is 2.77. The Morgan fingerprint density at radius 1 is 1.69 bits per heavy atom. The van der Waals surface area contributed by atoms with Gasteiger partial charge in [0.25, 0.3) is 0 Å². The second-order valence-corrected chi connectivity index (χ2v) is 2.38. The monoisotopic (exact) mass is 172 g/mol. The fourth-order valence-electron chi connectivity index (χ4n) is 0.815. The Morgan fingerprint density at radius 3 is 3.23 bits per heavy atom. The average molecular weight is 172 g/mol. The van der Waals surface area contributed by atoms with Crippen LogP contribution in [0.5, 0.6) is 0 Å². The highest BCUT2D eigenvalue weighted by molar-refractivity contribution is 5.38. The van der Waals surface area contributed by atoms with Gasteiger partial charge in [0.1, 0.15) is 0 Å². The van der Waals surface area contributed by atoms with E-state index in [0.29, 0.717) is 0 Å². The largest absolute Gasteiger partial charge is 0.264 e. The molecule has 0 spiro atoms. The Labute approximate surface area is 76.2 Å². The number of hydrogen-bond donors (Lipinski definition) is 0. The van der Waals surface area contributed by atoms with Crippen LogP contribution in [-0.2, 0) is 0 Å². The minimum atomic E-state index is 0.207. The summed E-state index contributed by atoms with van der Waals surface area (Å²) >= 11 is 0. The van der Waals surface area contributed by atoms with E-state index in [1.807, 2.05) is 13.0 Å². The minimum Gasteiger partial charge on any atom is -0.264 e. The Morgan fingerprint density at radius 2 is 2.54 bits per heavy atom. The zero-order chi connectivity index (χ0) is 9.52. The predicted molar refractivity (Wildman–Crippen MR) is 49.9 cm³/mol. The third-order valence-electron chi connectivity index (χ3n) is 1.46. The molecule has 0 aliphatic rings. The zero-order valence-electron chi connectivity index (χ0n) is 7.23. The Bertz CT molecular complexity index is 394. The van der Waals surface area contributed by atoms with Crippen LogP contribution in [-0.4, -0.2) is 11.5 Å². The number of hydrogen-bond acceptors (Lipinski definition) is 2. The van der Waals surface area contributed by atoms with Crippen LogP contribution in [0, 0.1) is 18.8 Å². The standard InChI is InChI=1S/C9H8N4/c1-8-7-11-6-4-9(8)3-2-5-12-13-10/h4,6-7H,5H2,1H3. The highest BCUT2D eigenvalue weighted by Gasteiger charge is 1.90. The summed E-state index contributed by atoms with van der Waals surface area (Å²) in [4.78, 5) is 6.54. The van der Waals surface area contributed by atoms with E-state index in [2.05, 4.69) is 26.9 Å². The van der Waals surface area contributed by atoms with E-state index in [0.717, 1.165) is 11.1 Å². The normalized spacial score (nSPS) is 8.08. The number of aryl methyl sites for hydroxylation is 1. The summed E-state index contributed by atoms with van der Waals surface area (Å²) in [6.45, 7) is 2.14. The van der Waals surface area contributed by atoms with E-state index in [1.54, 1.807) is 12.4 Å². The first-order chi connectivity index (χ1) is 6.34. The quantitative estimate of drug-likeness (QED) is 0.277. The lowest BCUT2D eigenvalue weighted by molar-refractivity contribution is 1.24. The summed E-state index contributed by atoms with van der Waals surface area (Å²) in [5.41, 5.74) is 9.94. The molecular weight excluding hydrogens is 164 g/mol. The van der Waals surface area contributed by atoms with E-state index in [1.165, 1.54) is 0 Å². The molecule has 0 aliphatic carbocycles. The van der Waals surface area contributed by atoms with Gasteiger partial charge in [-0.25, -0.2) is 0 Å². The number of rotatable bonds is 1. The predicted octanol–water partition coefficient (Wildman–Crippen LogP) is 2.05. The minimum absolute atomic E-state index is 0.207. The van der Waals surface area contributed by atoms with E-state index >= 15 is 0 Å². The molecule has 0 saturated carbocycles. The lowest BCUT2D eigenvalue weighted by atomic mass is 10.2. The lowest BCUT2D eigenvalue weighted by Gasteiger charge is -1.93. The molecule has 1 heterocycles. The van der Waals surface area contributed by atoms with E-state index in [9.17, 15) is 0 Å². The highest BCUT2D eigenvalue weighted by atomic mass is 15.1. The molecule has 0 atom stereocenters. The second kappa shape index (κ2) is 4.81. The summed E-state index contributed by atoms with van der Waals surface area (Å²) < 4.78 is 0. The van der Waals surface area contributed by atoms with Crippen molar-refractivity contribution >= 4 is 0 Å². The molecule has 0 aliphatic heterocycles. The molecule has 0 saturated heterocycles. The van der Waals surface area contributed by atoms with Gasteiger partial charge in [-0.05, 0) is 24.1 Å². The van der Waals surface area contributed by atoms with Gasteiger partial charge in [-0.1, -0.05) is 17.0 Å². The molecule has 4 nitrogen and oxygen atoms in total. The smallest absolute Gasteiger partial charge is 0.0880 e. The summed E-state index contributed by atoms with van der Waals surface area (Å²) in [6, 6.07) is 1.83. The molecule has 0 amide bonds. The summed E-state index contributed by atoms with van der Waals surface area (Å²) in [6.07, 6.45) is 3.43. The molecule has 0 aromatic carbocycles. The fraction of sp³-hybridized carbons (Fsp3) is 0.222. The van der Waals surface area contributed by atoms with Crippen molar-refractivity contribution in [1.82, 2.24) is 4.98 Å². The molecule has 1 aromatic heterocycles. The van der Waals surface area contributed by atoms with Crippen LogP contribution >= 0.6 is 0 Å². The van der Waals surface area contributed by atoms with Crippen molar-refractivity contribution in [3.8, 4) is 11.8 Å². The Kier molecular flexibility index (Phi) is 3.37. The van der Waals surface area contributed by atoms with Crippen LogP contribution in [0.2, 0.25) is 0 Å². The molecule has 0 radical (unpaired) electrons. The van der Waals surface area contributed by atoms with Gasteiger partial charge in [0, 0.05) is 22.9 Å². The maximum atomic E-state index is 8.00. The number of nitrogens with zero attached hydrogens (tertiary/aromatic N) is 4. The maximum Gasteiger partial charge on any atom is 0.0880 e. The van der Waals surface area contributed by atoms with Gasteiger partial charge in [-0.15, -0.1) is 0 Å². The molecular formula is C9H8N4. The SMILES string of the molecule is Cc1cnccc1C#CCN=[N+]=[N-]. The molecule has 13 heavy (non-hydrogen) atoms. The molecule has 1 rings (SSSR count). The van der Waals surface area contributed by atoms with Gasteiger partial charge in [-0.2, -0.15) is 0 Å². The number of pyridine rings is 1. The third kappa shape index (κ3) is 2.86. The molecule has 0 fully saturated rings. The van der Waals surface area contributed by atoms with E-state index in [4.69, 9.17) is 5.53 Å². The zero-order valence-corrected chi connectivity index (χ0v) is 7.23. The van der Waals surface area contributed by atoms with Gasteiger partial charge >= 0.3 is 0 Å². The first-order valence-corrected chi connectivity index (χ1v) is 3.75. The topological polar surface area (TPSA) is 61.7 Å². The third-order valence-corrected chi connectivity index (χ3v) is 1.46. The van der Waals surface area contributed by atoms with Crippen LogP contribution in [0.4, 0.5) is 0 Å². The number of aromatic nitrogens is 1. The summed E-state index contributed by atoms with van der Waals surface area (Å²) in [5, 5.41) is 3.31. The highest BCUT2D eigenvalue weighted by Crippen LogP contribution is 2.01. The fourth-order valence-corrected chi connectivity index (χ4v) is 0.815. The average Bonchev–Trinajstić information content (AvgIpc) is 2.15. The first-order valence-electron chi connectivity index (χ1n) is 3.75. The maximum absolute atomic E-state index is 8.00. The molecule has 4 heteroatoms. The molecule has 0 bridgehead atoms. The van der Waals surface area contributed by atoms with Gasteiger partial charge in [-0.3, -0.25) is 4.98 Å².